The number of para-hydroxylation sites is 1. The van der Waals surface area contributed by atoms with Crippen molar-refractivity contribution in [3.8, 4) is 11.5 Å². The molecular weight excluding hydrogens is 400 g/mol. The van der Waals surface area contributed by atoms with Crippen LogP contribution in [0, 0.1) is 0 Å². The molecule has 0 bridgehead atoms. The predicted octanol–water partition coefficient (Wildman–Crippen LogP) is 5.68. The van der Waals surface area contributed by atoms with Gasteiger partial charge in [-0.15, -0.1) is 0 Å². The van der Waals surface area contributed by atoms with Crippen molar-refractivity contribution in [3.05, 3.63) is 82.9 Å². The molecule has 0 aliphatic rings. The Labute approximate surface area is 181 Å². The number of nitrogens with one attached hydrogen (secondary N) is 1. The van der Waals surface area contributed by atoms with Crippen molar-refractivity contribution in [1.29, 1.82) is 0 Å². The molecule has 0 saturated heterocycles. The van der Waals surface area contributed by atoms with Gasteiger partial charge in [-0.1, -0.05) is 48.9 Å². The fourth-order valence-corrected chi connectivity index (χ4v) is 3.05. The predicted molar refractivity (Wildman–Crippen MR) is 122 cm³/mol. The lowest BCUT2D eigenvalue weighted by Gasteiger charge is -2.13. The Balaban J connectivity index is 1.68. The number of methoxy groups -OCH3 is 1. The normalized spacial score (nSPS) is 10.8. The lowest BCUT2D eigenvalue weighted by molar-refractivity contribution is -0.118. The number of ether oxygens (including phenoxy) is 2. The van der Waals surface area contributed by atoms with Crippen molar-refractivity contribution in [1.82, 2.24) is 0 Å². The second-order valence-electron chi connectivity index (χ2n) is 6.52. The molecule has 0 heterocycles. The Kier molecular flexibility index (Phi) is 7.46. The van der Waals surface area contributed by atoms with Gasteiger partial charge in [0.1, 0.15) is 0 Å². The number of halogens is 1. The van der Waals surface area contributed by atoms with Crippen LogP contribution in [0.25, 0.3) is 0 Å². The molecule has 30 heavy (non-hydrogen) atoms. The number of hydrogen-bond acceptors (Lipinski definition) is 4. The third-order valence-corrected chi connectivity index (χ3v) is 4.64. The molecule has 0 unspecified atom stereocenters. The van der Waals surface area contributed by atoms with Gasteiger partial charge < -0.3 is 14.8 Å². The molecule has 0 aliphatic carbocycles. The van der Waals surface area contributed by atoms with Gasteiger partial charge >= 0.3 is 0 Å². The molecule has 6 heteroatoms. The molecule has 3 rings (SSSR count). The number of benzene rings is 3. The average molecular weight is 423 g/mol. The number of amides is 1. The summed E-state index contributed by atoms with van der Waals surface area (Å²) in [5.74, 6) is 0.449. The largest absolute Gasteiger partial charge is 0.493 e. The summed E-state index contributed by atoms with van der Waals surface area (Å²) in [5.41, 5.74) is 3.57. The highest BCUT2D eigenvalue weighted by Gasteiger charge is 2.13. The summed E-state index contributed by atoms with van der Waals surface area (Å²) in [6, 6.07) is 20.7. The van der Waals surface area contributed by atoms with E-state index in [-0.39, 0.29) is 12.5 Å². The maximum Gasteiger partial charge on any atom is 0.262 e. The number of aliphatic imine (C=N–C) groups is 1. The SMILES string of the molecule is CCc1ccc(N=Cc2cc(Cl)c(OCC(=O)Nc3ccccc3)c(OC)c2)cc1. The van der Waals surface area contributed by atoms with Gasteiger partial charge in [0.25, 0.3) is 5.91 Å². The second kappa shape index (κ2) is 10.5. The van der Waals surface area contributed by atoms with Crippen LogP contribution < -0.4 is 14.8 Å². The van der Waals surface area contributed by atoms with Crippen molar-refractivity contribution in [2.45, 2.75) is 13.3 Å². The fourth-order valence-electron chi connectivity index (χ4n) is 2.78. The Morgan fingerprint density at radius 2 is 1.83 bits per heavy atom. The van der Waals surface area contributed by atoms with Gasteiger partial charge in [-0.3, -0.25) is 9.79 Å². The lowest BCUT2D eigenvalue weighted by atomic mass is 10.1. The van der Waals surface area contributed by atoms with Crippen LogP contribution in [0.1, 0.15) is 18.1 Å². The van der Waals surface area contributed by atoms with Gasteiger partial charge in [0.15, 0.2) is 18.1 Å². The van der Waals surface area contributed by atoms with Crippen LogP contribution in [0.3, 0.4) is 0 Å². The van der Waals surface area contributed by atoms with Crippen molar-refractivity contribution in [2.24, 2.45) is 4.99 Å². The van der Waals surface area contributed by atoms with E-state index in [1.54, 1.807) is 30.5 Å². The summed E-state index contributed by atoms with van der Waals surface area (Å²) in [6.07, 6.45) is 2.70. The molecule has 5 nitrogen and oxygen atoms in total. The highest BCUT2D eigenvalue weighted by atomic mass is 35.5. The molecule has 1 N–H and O–H groups in total. The lowest BCUT2D eigenvalue weighted by Crippen LogP contribution is -2.20. The van der Waals surface area contributed by atoms with Crippen LogP contribution in [0.4, 0.5) is 11.4 Å². The first-order valence-corrected chi connectivity index (χ1v) is 9.95. The molecule has 0 spiro atoms. The van der Waals surface area contributed by atoms with E-state index < -0.39 is 0 Å². The van der Waals surface area contributed by atoms with Crippen LogP contribution >= 0.6 is 11.6 Å². The quantitative estimate of drug-likeness (QED) is 0.475. The molecule has 0 atom stereocenters. The highest BCUT2D eigenvalue weighted by molar-refractivity contribution is 6.32. The van der Waals surface area contributed by atoms with Gasteiger partial charge in [0.2, 0.25) is 0 Å². The fraction of sp³-hybridized carbons (Fsp3) is 0.167. The highest BCUT2D eigenvalue weighted by Crippen LogP contribution is 2.36. The minimum atomic E-state index is -0.291. The van der Waals surface area contributed by atoms with E-state index in [0.29, 0.717) is 22.2 Å². The molecule has 0 aromatic heterocycles. The van der Waals surface area contributed by atoms with Gasteiger partial charge in [0.05, 0.1) is 17.8 Å². The molecule has 0 aliphatic heterocycles. The molecule has 3 aromatic carbocycles. The average Bonchev–Trinajstić information content (AvgIpc) is 2.77. The minimum absolute atomic E-state index is 0.192. The van der Waals surface area contributed by atoms with E-state index in [9.17, 15) is 4.79 Å². The third-order valence-electron chi connectivity index (χ3n) is 4.36. The van der Waals surface area contributed by atoms with Crippen molar-refractivity contribution in [2.75, 3.05) is 19.0 Å². The van der Waals surface area contributed by atoms with Gasteiger partial charge in [-0.2, -0.15) is 0 Å². The zero-order valence-electron chi connectivity index (χ0n) is 16.9. The number of aryl methyl sites for hydroxylation is 1. The monoisotopic (exact) mass is 422 g/mol. The Hall–Kier alpha value is -3.31. The standard InChI is InChI=1S/C24H23ClN2O3/c1-3-17-9-11-19(12-10-17)26-15-18-13-21(25)24(22(14-18)29-2)30-16-23(28)27-20-7-5-4-6-8-20/h4-15H,3,16H2,1-2H3,(H,27,28). The van der Waals surface area contributed by atoms with Crippen molar-refractivity contribution in [3.63, 3.8) is 0 Å². The van der Waals surface area contributed by atoms with E-state index >= 15 is 0 Å². The van der Waals surface area contributed by atoms with E-state index in [1.807, 2.05) is 30.3 Å². The number of anilines is 1. The van der Waals surface area contributed by atoms with Crippen LogP contribution in [-0.2, 0) is 11.2 Å². The Morgan fingerprint density at radius 3 is 2.50 bits per heavy atom. The van der Waals surface area contributed by atoms with Gasteiger partial charge in [-0.25, -0.2) is 0 Å². The van der Waals surface area contributed by atoms with Crippen molar-refractivity contribution < 1.29 is 14.3 Å². The molecule has 0 saturated carbocycles. The van der Waals surface area contributed by atoms with Crippen molar-refractivity contribution >= 4 is 35.1 Å². The Morgan fingerprint density at radius 1 is 1.10 bits per heavy atom. The number of carbonyl (C=O) groups is 1. The summed E-state index contributed by atoms with van der Waals surface area (Å²) in [6.45, 7) is 1.92. The van der Waals surface area contributed by atoms with Gasteiger partial charge in [0, 0.05) is 11.9 Å². The number of nitrogens with zero attached hydrogens (tertiary/aromatic N) is 1. The van der Waals surface area contributed by atoms with E-state index in [0.717, 1.165) is 17.7 Å². The molecule has 1 amide bonds. The van der Waals surface area contributed by atoms with Gasteiger partial charge in [-0.05, 0) is 53.9 Å². The first kappa shape index (κ1) is 21.4. The maximum absolute atomic E-state index is 12.1. The first-order chi connectivity index (χ1) is 14.6. The number of hydrogen-bond donors (Lipinski definition) is 1. The maximum atomic E-state index is 12.1. The van der Waals surface area contributed by atoms with E-state index in [2.05, 4.69) is 29.4 Å². The summed E-state index contributed by atoms with van der Waals surface area (Å²) < 4.78 is 11.0. The van der Waals surface area contributed by atoms with Crippen LogP contribution in [0.15, 0.2) is 71.7 Å². The summed E-state index contributed by atoms with van der Waals surface area (Å²) in [7, 11) is 1.52. The molecule has 0 radical (unpaired) electrons. The summed E-state index contributed by atoms with van der Waals surface area (Å²) >= 11 is 6.38. The summed E-state index contributed by atoms with van der Waals surface area (Å²) in [5, 5.41) is 3.10. The van der Waals surface area contributed by atoms with E-state index in [4.69, 9.17) is 21.1 Å². The zero-order chi connectivity index (χ0) is 21.3. The first-order valence-electron chi connectivity index (χ1n) is 9.57. The minimum Gasteiger partial charge on any atom is -0.493 e. The smallest absolute Gasteiger partial charge is 0.262 e. The van der Waals surface area contributed by atoms with Crippen LogP contribution in [-0.4, -0.2) is 25.8 Å². The van der Waals surface area contributed by atoms with E-state index in [1.165, 1.54) is 12.7 Å². The third kappa shape index (κ3) is 5.84. The topological polar surface area (TPSA) is 59.9 Å². The van der Waals surface area contributed by atoms with Crippen LogP contribution in [0.5, 0.6) is 11.5 Å². The zero-order valence-corrected chi connectivity index (χ0v) is 17.6. The molecular formula is C24H23ClN2O3. The summed E-state index contributed by atoms with van der Waals surface area (Å²) in [4.78, 5) is 16.6. The second-order valence-corrected chi connectivity index (χ2v) is 6.92. The Bertz CT molecular complexity index is 1020. The molecule has 0 fully saturated rings. The molecule has 154 valence electrons. The van der Waals surface area contributed by atoms with Crippen LogP contribution in [0.2, 0.25) is 5.02 Å². The number of rotatable bonds is 8. The number of carbonyl (C=O) groups excluding carboxylic acids is 1. The molecule has 3 aromatic rings.